The molecule has 0 amide bonds. The first kappa shape index (κ1) is 17.1. The van der Waals surface area contributed by atoms with Crippen molar-refractivity contribution in [1.29, 1.82) is 0 Å². The molecular formula is C22H27NO4. The molecule has 0 aromatic carbocycles. The first-order valence-corrected chi connectivity index (χ1v) is 10.4. The molecule has 5 rings (SSSR count). The maximum absolute atomic E-state index is 12.4. The first-order chi connectivity index (χ1) is 13.0. The topological polar surface area (TPSA) is 57.5 Å². The Balaban J connectivity index is 1.69. The Bertz CT molecular complexity index is 851. The molecule has 5 heteroatoms. The fourth-order valence-electron chi connectivity index (χ4n) is 5.66. The lowest BCUT2D eigenvalue weighted by atomic mass is 9.70. The van der Waals surface area contributed by atoms with E-state index >= 15 is 0 Å². The second-order valence-electron chi connectivity index (χ2n) is 8.62. The van der Waals surface area contributed by atoms with Crippen LogP contribution in [0.2, 0.25) is 0 Å². The average molecular weight is 369 g/mol. The smallest absolute Gasteiger partial charge is 0.309 e. The van der Waals surface area contributed by atoms with Crippen molar-refractivity contribution >= 4 is 17.5 Å². The van der Waals surface area contributed by atoms with Crippen LogP contribution in [0.5, 0.6) is 0 Å². The fourth-order valence-corrected chi connectivity index (χ4v) is 5.66. The van der Waals surface area contributed by atoms with Gasteiger partial charge >= 0.3 is 11.9 Å². The third kappa shape index (κ3) is 2.29. The predicted molar refractivity (Wildman–Crippen MR) is 99.8 cm³/mol. The maximum atomic E-state index is 12.4. The molecular weight excluding hydrogens is 342 g/mol. The zero-order chi connectivity index (χ0) is 18.9. The molecule has 1 aromatic rings. The van der Waals surface area contributed by atoms with E-state index in [1.807, 2.05) is 13.8 Å². The number of carbonyl (C=O) groups is 2. The molecule has 1 aromatic heterocycles. The van der Waals surface area contributed by atoms with E-state index in [-0.39, 0.29) is 47.8 Å². The van der Waals surface area contributed by atoms with Crippen molar-refractivity contribution < 1.29 is 19.1 Å². The zero-order valence-electron chi connectivity index (χ0n) is 16.2. The number of hydrogen-bond donors (Lipinski definition) is 0. The van der Waals surface area contributed by atoms with Gasteiger partial charge in [0.15, 0.2) is 0 Å². The largest absolute Gasteiger partial charge is 0.461 e. The lowest BCUT2D eigenvalue weighted by molar-refractivity contribution is -0.145. The van der Waals surface area contributed by atoms with Crippen LogP contribution in [0.4, 0.5) is 0 Å². The van der Waals surface area contributed by atoms with Crippen LogP contribution in [0.25, 0.3) is 5.57 Å². The molecule has 0 radical (unpaired) electrons. The highest BCUT2D eigenvalue weighted by molar-refractivity contribution is 5.82. The minimum atomic E-state index is -0.177. The molecule has 0 spiro atoms. The van der Waals surface area contributed by atoms with Crippen LogP contribution in [0.1, 0.15) is 75.4 Å². The van der Waals surface area contributed by atoms with Gasteiger partial charge in [-0.3, -0.25) is 9.59 Å². The number of nitrogens with zero attached hydrogens (tertiary/aromatic N) is 1. The Kier molecular flexibility index (Phi) is 3.78. The van der Waals surface area contributed by atoms with Gasteiger partial charge in [0.1, 0.15) is 12.2 Å². The monoisotopic (exact) mass is 369 g/mol. The van der Waals surface area contributed by atoms with Crippen LogP contribution in [0, 0.1) is 17.8 Å². The van der Waals surface area contributed by atoms with Crippen LogP contribution in [-0.4, -0.2) is 22.6 Å². The Morgan fingerprint density at radius 1 is 1.19 bits per heavy atom. The molecule has 3 aliphatic heterocycles. The molecule has 0 bridgehead atoms. The highest BCUT2D eigenvalue weighted by atomic mass is 16.6. The summed E-state index contributed by atoms with van der Waals surface area (Å²) in [6.45, 7) is 7.05. The summed E-state index contributed by atoms with van der Waals surface area (Å²) < 4.78 is 14.0. The van der Waals surface area contributed by atoms with Crippen molar-refractivity contribution in [2.45, 2.75) is 71.1 Å². The third-order valence-corrected chi connectivity index (χ3v) is 7.05. The van der Waals surface area contributed by atoms with Crippen LogP contribution < -0.4 is 0 Å². The van der Waals surface area contributed by atoms with Gasteiger partial charge in [-0.15, -0.1) is 0 Å². The van der Waals surface area contributed by atoms with Crippen LogP contribution in [-0.2, 0) is 25.6 Å². The summed E-state index contributed by atoms with van der Waals surface area (Å²) >= 11 is 0. The van der Waals surface area contributed by atoms with E-state index in [4.69, 9.17) is 9.47 Å². The van der Waals surface area contributed by atoms with Crippen molar-refractivity contribution in [2.75, 3.05) is 0 Å². The van der Waals surface area contributed by atoms with E-state index < -0.39 is 0 Å². The maximum Gasteiger partial charge on any atom is 0.309 e. The summed E-state index contributed by atoms with van der Waals surface area (Å²) in [5.41, 5.74) is 4.93. The summed E-state index contributed by atoms with van der Waals surface area (Å²) in [5.74, 6) is -0.0135. The van der Waals surface area contributed by atoms with E-state index in [9.17, 15) is 9.59 Å². The molecule has 1 aliphatic carbocycles. The minimum absolute atomic E-state index is 0.0537. The van der Waals surface area contributed by atoms with Gasteiger partial charge in [0.2, 0.25) is 0 Å². The van der Waals surface area contributed by atoms with Crippen molar-refractivity contribution in [3.05, 3.63) is 29.1 Å². The zero-order valence-corrected chi connectivity index (χ0v) is 16.2. The van der Waals surface area contributed by atoms with Crippen molar-refractivity contribution in [3.8, 4) is 0 Å². The van der Waals surface area contributed by atoms with Gasteiger partial charge in [0, 0.05) is 30.5 Å². The second kappa shape index (κ2) is 5.98. The lowest BCUT2D eigenvalue weighted by Gasteiger charge is -2.35. The highest BCUT2D eigenvalue weighted by Crippen LogP contribution is 2.54. The molecule has 4 aliphatic rings. The SMILES string of the molecule is CC[C@@H]1C2=CCCCn3c([C@@H]4C[C@H](C)C(=O)O4)cc(c32)[C@@H]2[C@H]1OC(=O)[C@H]2C. The highest BCUT2D eigenvalue weighted by Gasteiger charge is 2.52. The number of cyclic esters (lactones) is 1. The third-order valence-electron chi connectivity index (χ3n) is 7.05. The Labute approximate surface area is 159 Å². The summed E-state index contributed by atoms with van der Waals surface area (Å²) in [6.07, 6.45) is 5.92. The van der Waals surface area contributed by atoms with Crippen molar-refractivity contribution in [2.24, 2.45) is 17.8 Å². The number of esters is 2. The first-order valence-electron chi connectivity index (χ1n) is 10.4. The Morgan fingerprint density at radius 2 is 2.00 bits per heavy atom. The van der Waals surface area contributed by atoms with E-state index in [0.29, 0.717) is 0 Å². The Morgan fingerprint density at radius 3 is 2.70 bits per heavy atom. The molecule has 4 heterocycles. The number of allylic oxidation sites excluding steroid dienone is 1. The Hall–Kier alpha value is -2.04. The van der Waals surface area contributed by atoms with E-state index in [0.717, 1.165) is 37.9 Å². The summed E-state index contributed by atoms with van der Waals surface area (Å²) in [4.78, 5) is 24.4. The van der Waals surface area contributed by atoms with Gasteiger partial charge in [-0.2, -0.15) is 0 Å². The number of rotatable bonds is 2. The van der Waals surface area contributed by atoms with Crippen LogP contribution >= 0.6 is 0 Å². The standard InChI is InChI=1S/C22H27NO4/c1-4-13-14-7-5-6-8-23-16(17-9-11(2)21(24)26-17)10-15(19(14)23)18-12(3)22(25)27-20(13)18/h7,10-13,17-18,20H,4-6,8-9H2,1-3H3/t11-,12-,13+,17-,18+,20-/m0/s1. The van der Waals surface area contributed by atoms with Crippen molar-refractivity contribution in [1.82, 2.24) is 4.57 Å². The normalized spacial score (nSPS) is 37.2. The lowest BCUT2D eigenvalue weighted by Crippen LogP contribution is -2.32. The van der Waals surface area contributed by atoms with Crippen LogP contribution in [0.15, 0.2) is 12.1 Å². The molecule has 0 unspecified atom stereocenters. The summed E-state index contributed by atoms with van der Waals surface area (Å²) in [7, 11) is 0. The minimum Gasteiger partial charge on any atom is -0.461 e. The van der Waals surface area contributed by atoms with Crippen LogP contribution in [0.3, 0.4) is 0 Å². The number of fused-ring (bicyclic) bond motifs is 2. The summed E-state index contributed by atoms with van der Waals surface area (Å²) in [5, 5.41) is 0. The average Bonchev–Trinajstić information content (AvgIpc) is 3.20. The van der Waals surface area contributed by atoms with Gasteiger partial charge in [-0.25, -0.2) is 0 Å². The number of hydrogen-bond acceptors (Lipinski definition) is 4. The molecule has 2 fully saturated rings. The van der Waals surface area contributed by atoms with Crippen molar-refractivity contribution in [3.63, 3.8) is 0 Å². The number of aromatic nitrogens is 1. The van der Waals surface area contributed by atoms with Gasteiger partial charge in [0.25, 0.3) is 0 Å². The van der Waals surface area contributed by atoms with Gasteiger partial charge in [-0.05, 0) is 36.5 Å². The predicted octanol–water partition coefficient (Wildman–Crippen LogP) is 3.97. The van der Waals surface area contributed by atoms with Gasteiger partial charge in [0.05, 0.1) is 17.5 Å². The number of ether oxygens (including phenoxy) is 2. The molecule has 2 saturated heterocycles. The molecule has 144 valence electrons. The van der Waals surface area contributed by atoms with E-state index in [2.05, 4.69) is 23.6 Å². The van der Waals surface area contributed by atoms with Gasteiger partial charge in [-0.1, -0.05) is 26.8 Å². The molecule has 0 N–H and O–H groups in total. The second-order valence-corrected chi connectivity index (χ2v) is 8.62. The fraction of sp³-hybridized carbons (Fsp3) is 0.636. The molecule has 5 nitrogen and oxygen atoms in total. The number of carbonyl (C=O) groups excluding carboxylic acids is 2. The van der Waals surface area contributed by atoms with E-state index in [1.54, 1.807) is 0 Å². The van der Waals surface area contributed by atoms with E-state index in [1.165, 1.54) is 16.8 Å². The molecule has 6 atom stereocenters. The van der Waals surface area contributed by atoms with Gasteiger partial charge < -0.3 is 14.0 Å². The molecule has 27 heavy (non-hydrogen) atoms. The summed E-state index contributed by atoms with van der Waals surface area (Å²) in [6, 6.07) is 2.21. The molecule has 0 saturated carbocycles. The quantitative estimate of drug-likeness (QED) is 0.740.